The number of hydrogen-bond donors (Lipinski definition) is 2. The zero-order valence-corrected chi connectivity index (χ0v) is 7.58. The Balaban J connectivity index is 2.85. The number of carbonyl (C=O) groups excluding carboxylic acids is 1. The molecule has 2 aromatic rings. The van der Waals surface area contributed by atoms with Crippen LogP contribution in [0.4, 0.5) is 0 Å². The first kappa shape index (κ1) is 8.56. The smallest absolute Gasteiger partial charge is 0.265 e. The molecule has 1 aromatic heterocycles. The van der Waals surface area contributed by atoms with Crippen molar-refractivity contribution in [1.82, 2.24) is 4.98 Å². The number of aromatic amines is 1. The molecule has 2 rings (SSSR count). The topological polar surface area (TPSA) is 58.9 Å². The third-order valence-corrected chi connectivity index (χ3v) is 2.20. The van der Waals surface area contributed by atoms with E-state index in [-0.39, 0.29) is 0 Å². The summed E-state index contributed by atoms with van der Waals surface area (Å²) >= 11 is 0. The second kappa shape index (κ2) is 3.03. The predicted molar refractivity (Wildman–Crippen MR) is 56.9 cm³/mol. The van der Waals surface area contributed by atoms with Crippen molar-refractivity contribution in [2.45, 2.75) is 0 Å². The molecule has 14 heavy (non-hydrogen) atoms. The first-order valence-corrected chi connectivity index (χ1v) is 4.27. The summed E-state index contributed by atoms with van der Waals surface area (Å²) < 4.78 is 0. The molecule has 0 radical (unpaired) electrons. The third-order valence-electron chi connectivity index (χ3n) is 2.20. The molecule has 70 valence electrons. The highest BCUT2D eigenvalue weighted by atomic mass is 16.1. The summed E-state index contributed by atoms with van der Waals surface area (Å²) in [5, 5.41) is 0.969. The molecule has 0 aliphatic rings. The summed E-state index contributed by atoms with van der Waals surface area (Å²) in [6, 6.07) is 7.63. The number of hydrogen-bond acceptors (Lipinski definition) is 1. The van der Waals surface area contributed by atoms with Gasteiger partial charge in [-0.25, -0.2) is 0 Å². The van der Waals surface area contributed by atoms with Crippen LogP contribution in [-0.2, 0) is 0 Å². The Hall–Kier alpha value is -2.03. The van der Waals surface area contributed by atoms with Crippen LogP contribution in [0.2, 0.25) is 0 Å². The Bertz CT molecular complexity index is 511. The molecule has 1 aromatic carbocycles. The molecule has 0 unspecified atom stereocenters. The van der Waals surface area contributed by atoms with Crippen LogP contribution in [0.1, 0.15) is 16.1 Å². The lowest BCUT2D eigenvalue weighted by atomic mass is 10.1. The Morgan fingerprint density at radius 2 is 2.14 bits per heavy atom. The van der Waals surface area contributed by atoms with E-state index < -0.39 is 5.91 Å². The van der Waals surface area contributed by atoms with E-state index in [1.54, 1.807) is 6.08 Å². The van der Waals surface area contributed by atoms with E-state index in [4.69, 9.17) is 5.73 Å². The largest absolute Gasteiger partial charge is 0.364 e. The molecule has 0 fully saturated rings. The minimum absolute atomic E-state index is 0.418. The van der Waals surface area contributed by atoms with E-state index in [1.165, 1.54) is 0 Å². The first-order chi connectivity index (χ1) is 6.74. The zero-order chi connectivity index (χ0) is 10.1. The predicted octanol–water partition coefficient (Wildman–Crippen LogP) is 1.91. The summed E-state index contributed by atoms with van der Waals surface area (Å²) in [4.78, 5) is 14.1. The maximum absolute atomic E-state index is 11.1. The van der Waals surface area contributed by atoms with Crippen LogP contribution in [0.25, 0.3) is 17.0 Å². The van der Waals surface area contributed by atoms with Crippen molar-refractivity contribution in [1.29, 1.82) is 0 Å². The highest BCUT2D eigenvalue weighted by Crippen LogP contribution is 2.22. The number of H-pyrrole nitrogens is 1. The number of amides is 1. The number of nitrogens with one attached hydrogen (secondary N) is 1. The standard InChI is InChI=1S/C11H10N2O/c1-2-7-8-5-3-4-6-9(8)13-10(7)11(12)14/h2-6,13H,1H2,(H2,12,14). The van der Waals surface area contributed by atoms with Crippen molar-refractivity contribution in [3.8, 4) is 0 Å². The van der Waals surface area contributed by atoms with E-state index in [2.05, 4.69) is 11.6 Å². The molecule has 3 N–H and O–H groups in total. The fourth-order valence-electron chi connectivity index (χ4n) is 1.57. The summed E-state index contributed by atoms with van der Waals surface area (Å²) in [6.07, 6.45) is 1.64. The fourth-order valence-corrected chi connectivity index (χ4v) is 1.57. The van der Waals surface area contributed by atoms with Gasteiger partial charge in [0, 0.05) is 16.5 Å². The van der Waals surface area contributed by atoms with E-state index in [0.717, 1.165) is 16.5 Å². The number of nitrogens with two attached hydrogens (primary N) is 1. The van der Waals surface area contributed by atoms with E-state index in [0.29, 0.717) is 5.69 Å². The second-order valence-electron chi connectivity index (χ2n) is 3.03. The summed E-state index contributed by atoms with van der Waals surface area (Å²) in [7, 11) is 0. The lowest BCUT2D eigenvalue weighted by Crippen LogP contribution is -2.12. The Labute approximate surface area is 81.2 Å². The van der Waals surface area contributed by atoms with Gasteiger partial charge in [0.05, 0.1) is 0 Å². The van der Waals surface area contributed by atoms with E-state index in [9.17, 15) is 4.79 Å². The molecule has 1 heterocycles. The SMILES string of the molecule is C=Cc1c(C(N)=O)[nH]c2ccccc12. The maximum atomic E-state index is 11.1. The van der Waals surface area contributed by atoms with Gasteiger partial charge in [0.2, 0.25) is 0 Å². The molecule has 0 aliphatic carbocycles. The van der Waals surface area contributed by atoms with Gasteiger partial charge in [-0.15, -0.1) is 0 Å². The van der Waals surface area contributed by atoms with Gasteiger partial charge >= 0.3 is 0 Å². The highest BCUT2D eigenvalue weighted by molar-refractivity contribution is 6.03. The van der Waals surface area contributed by atoms with Gasteiger partial charge in [0.25, 0.3) is 5.91 Å². The lowest BCUT2D eigenvalue weighted by molar-refractivity contribution is 0.0996. The third kappa shape index (κ3) is 1.10. The van der Waals surface area contributed by atoms with Crippen LogP contribution in [0, 0.1) is 0 Å². The highest BCUT2D eigenvalue weighted by Gasteiger charge is 2.11. The van der Waals surface area contributed by atoms with Gasteiger partial charge in [-0.3, -0.25) is 4.79 Å². The van der Waals surface area contributed by atoms with Crippen LogP contribution >= 0.6 is 0 Å². The number of rotatable bonds is 2. The van der Waals surface area contributed by atoms with E-state index in [1.807, 2.05) is 24.3 Å². The number of aromatic nitrogens is 1. The monoisotopic (exact) mass is 186 g/mol. The van der Waals surface area contributed by atoms with E-state index >= 15 is 0 Å². The Morgan fingerprint density at radius 3 is 2.79 bits per heavy atom. The normalized spacial score (nSPS) is 10.3. The van der Waals surface area contributed by atoms with Crippen molar-refractivity contribution in [2.75, 3.05) is 0 Å². The van der Waals surface area contributed by atoms with Gasteiger partial charge in [-0.2, -0.15) is 0 Å². The van der Waals surface area contributed by atoms with Gasteiger partial charge in [0.1, 0.15) is 5.69 Å². The van der Waals surface area contributed by atoms with Gasteiger partial charge in [-0.1, -0.05) is 30.9 Å². The number of primary amides is 1. The van der Waals surface area contributed by atoms with Crippen molar-refractivity contribution >= 4 is 22.9 Å². The molecule has 0 spiro atoms. The molecule has 3 nitrogen and oxygen atoms in total. The molecule has 0 bridgehead atoms. The summed E-state index contributed by atoms with van der Waals surface area (Å²) in [6.45, 7) is 3.67. The van der Waals surface area contributed by atoms with Crippen molar-refractivity contribution in [2.24, 2.45) is 5.73 Å². The molecule has 0 atom stereocenters. The zero-order valence-electron chi connectivity index (χ0n) is 7.58. The fraction of sp³-hybridized carbons (Fsp3) is 0. The number of carbonyl (C=O) groups is 1. The van der Waals surface area contributed by atoms with Gasteiger partial charge < -0.3 is 10.7 Å². The number of para-hydroxylation sites is 1. The molecule has 0 aliphatic heterocycles. The number of fused-ring (bicyclic) bond motifs is 1. The molecule has 1 amide bonds. The molecule has 0 saturated heterocycles. The summed E-state index contributed by atoms with van der Waals surface area (Å²) in [5.41, 5.74) is 7.32. The average Bonchev–Trinajstić information content (AvgIpc) is 2.56. The van der Waals surface area contributed by atoms with Crippen molar-refractivity contribution < 1.29 is 4.79 Å². The van der Waals surface area contributed by atoms with Crippen LogP contribution in [0.5, 0.6) is 0 Å². The lowest BCUT2D eigenvalue weighted by Gasteiger charge is -1.92. The molecular weight excluding hydrogens is 176 g/mol. The van der Waals surface area contributed by atoms with Crippen LogP contribution in [0.3, 0.4) is 0 Å². The van der Waals surface area contributed by atoms with Gasteiger partial charge in [0.15, 0.2) is 0 Å². The van der Waals surface area contributed by atoms with Crippen LogP contribution in [0.15, 0.2) is 30.8 Å². The Morgan fingerprint density at radius 1 is 1.43 bits per heavy atom. The van der Waals surface area contributed by atoms with Crippen LogP contribution in [-0.4, -0.2) is 10.9 Å². The van der Waals surface area contributed by atoms with Crippen molar-refractivity contribution in [3.63, 3.8) is 0 Å². The maximum Gasteiger partial charge on any atom is 0.265 e. The molecular formula is C11H10N2O. The van der Waals surface area contributed by atoms with Gasteiger partial charge in [-0.05, 0) is 6.07 Å². The average molecular weight is 186 g/mol. The Kier molecular flexibility index (Phi) is 1.85. The molecule has 3 heteroatoms. The minimum Gasteiger partial charge on any atom is -0.364 e. The molecule has 0 saturated carbocycles. The minimum atomic E-state index is -0.462. The summed E-state index contributed by atoms with van der Waals surface area (Å²) in [5.74, 6) is -0.462. The number of benzene rings is 1. The quantitative estimate of drug-likeness (QED) is 0.739. The first-order valence-electron chi connectivity index (χ1n) is 4.27. The van der Waals surface area contributed by atoms with Crippen molar-refractivity contribution in [3.05, 3.63) is 42.1 Å². The second-order valence-corrected chi connectivity index (χ2v) is 3.03. The van der Waals surface area contributed by atoms with Crippen LogP contribution < -0.4 is 5.73 Å².